The van der Waals surface area contributed by atoms with Crippen molar-refractivity contribution in [1.29, 1.82) is 0 Å². The molecule has 0 aromatic rings. The van der Waals surface area contributed by atoms with Crippen molar-refractivity contribution in [3.05, 3.63) is 33.9 Å². The third-order valence-electron chi connectivity index (χ3n) is 4.02. The molecular weight excluding hydrogens is 240 g/mol. The maximum Gasteiger partial charge on any atom is 0.0685 e. The quantitative estimate of drug-likeness (QED) is 0.690. The second-order valence-electron chi connectivity index (χ2n) is 5.46. The van der Waals surface area contributed by atoms with Gasteiger partial charge in [-0.3, -0.25) is 0 Å². The van der Waals surface area contributed by atoms with Crippen molar-refractivity contribution >= 4 is 0 Å². The van der Waals surface area contributed by atoms with Gasteiger partial charge in [0.15, 0.2) is 0 Å². The number of fused-ring (bicyclic) bond motifs is 2. The minimum Gasteiger partial charge on any atom is -0.380 e. The summed E-state index contributed by atoms with van der Waals surface area (Å²) in [7, 11) is 5.27. The Hall–Kier alpha value is -0.900. The lowest BCUT2D eigenvalue weighted by atomic mass is 9.90. The molecule has 3 nitrogen and oxygen atoms in total. The van der Waals surface area contributed by atoms with Gasteiger partial charge in [0.1, 0.15) is 0 Å². The minimum atomic E-state index is 0.375. The maximum absolute atomic E-state index is 5.41. The molecule has 0 aromatic heterocycles. The molecule has 0 saturated heterocycles. The Morgan fingerprint density at radius 3 is 2.05 bits per heavy atom. The van der Waals surface area contributed by atoms with Crippen LogP contribution in [0.25, 0.3) is 0 Å². The molecule has 2 rings (SSSR count). The third kappa shape index (κ3) is 2.42. The smallest absolute Gasteiger partial charge is 0.0685 e. The first-order valence-electron chi connectivity index (χ1n) is 6.72. The molecule has 0 radical (unpaired) electrons. The lowest BCUT2D eigenvalue weighted by Crippen LogP contribution is -2.14. The van der Waals surface area contributed by atoms with Gasteiger partial charge >= 0.3 is 0 Å². The Balaban J connectivity index is 2.40. The van der Waals surface area contributed by atoms with E-state index in [4.69, 9.17) is 14.2 Å². The average Bonchev–Trinajstić information content (AvgIpc) is 2.85. The summed E-state index contributed by atoms with van der Waals surface area (Å²) < 4.78 is 16.1. The molecule has 0 saturated carbocycles. The van der Waals surface area contributed by atoms with Crippen LogP contribution in [-0.4, -0.2) is 41.2 Å². The van der Waals surface area contributed by atoms with Crippen molar-refractivity contribution in [2.24, 2.45) is 11.8 Å². The van der Waals surface area contributed by atoms with Crippen molar-refractivity contribution in [3.63, 3.8) is 0 Å². The van der Waals surface area contributed by atoms with Gasteiger partial charge in [0.25, 0.3) is 0 Å². The monoisotopic (exact) mass is 264 g/mol. The third-order valence-corrected chi connectivity index (χ3v) is 4.02. The largest absolute Gasteiger partial charge is 0.380 e. The fraction of sp³-hybridized carbons (Fsp3) is 0.625. The standard InChI is InChI=1S/C16H24O3/c1-10(2)15-12-6-11(7-17-3)16(15)14(9-19-5)13(12)8-18-4/h6,12,16H,7-9H2,1-5H3. The van der Waals surface area contributed by atoms with Crippen LogP contribution in [0, 0.1) is 11.8 Å². The average molecular weight is 264 g/mol. The van der Waals surface area contributed by atoms with Gasteiger partial charge in [-0.05, 0) is 36.1 Å². The zero-order valence-electron chi connectivity index (χ0n) is 12.6. The Kier molecular flexibility index (Phi) is 4.61. The Morgan fingerprint density at radius 1 is 0.947 bits per heavy atom. The molecule has 0 spiro atoms. The van der Waals surface area contributed by atoms with E-state index in [-0.39, 0.29) is 0 Å². The van der Waals surface area contributed by atoms with E-state index >= 15 is 0 Å². The van der Waals surface area contributed by atoms with Gasteiger partial charge in [0.2, 0.25) is 0 Å². The molecule has 2 atom stereocenters. The van der Waals surface area contributed by atoms with E-state index < -0.39 is 0 Å². The summed E-state index contributed by atoms with van der Waals surface area (Å²) in [5, 5.41) is 0. The van der Waals surface area contributed by atoms with Crippen molar-refractivity contribution in [2.45, 2.75) is 13.8 Å². The zero-order chi connectivity index (χ0) is 14.0. The molecule has 0 fully saturated rings. The van der Waals surface area contributed by atoms with E-state index in [1.807, 2.05) is 0 Å². The van der Waals surface area contributed by atoms with E-state index in [2.05, 4.69) is 19.9 Å². The fourth-order valence-corrected chi connectivity index (χ4v) is 3.43. The molecule has 19 heavy (non-hydrogen) atoms. The SMILES string of the molecule is COCC1=CC2C(COC)=C(COC)C1C2=C(C)C. The van der Waals surface area contributed by atoms with Gasteiger partial charge in [0, 0.05) is 33.2 Å². The molecular formula is C16H24O3. The van der Waals surface area contributed by atoms with Crippen LogP contribution in [0.4, 0.5) is 0 Å². The van der Waals surface area contributed by atoms with Crippen LogP contribution in [-0.2, 0) is 14.2 Å². The van der Waals surface area contributed by atoms with Crippen LogP contribution in [0.5, 0.6) is 0 Å². The van der Waals surface area contributed by atoms with E-state index in [0.29, 0.717) is 31.7 Å². The molecule has 2 aliphatic carbocycles. The minimum absolute atomic E-state index is 0.375. The number of methoxy groups -OCH3 is 3. The number of ether oxygens (including phenoxy) is 3. The van der Waals surface area contributed by atoms with E-state index in [1.165, 1.54) is 27.9 Å². The lowest BCUT2D eigenvalue weighted by Gasteiger charge is -2.20. The Labute approximate surface area is 115 Å². The summed E-state index contributed by atoms with van der Waals surface area (Å²) in [5.41, 5.74) is 7.03. The van der Waals surface area contributed by atoms with E-state index in [9.17, 15) is 0 Å². The van der Waals surface area contributed by atoms with Gasteiger partial charge in [0.05, 0.1) is 19.8 Å². The van der Waals surface area contributed by atoms with Crippen molar-refractivity contribution in [3.8, 4) is 0 Å². The molecule has 0 aliphatic heterocycles. The summed E-state index contributed by atoms with van der Waals surface area (Å²) in [5.74, 6) is 0.769. The molecule has 0 amide bonds. The first kappa shape index (κ1) is 14.5. The van der Waals surface area contributed by atoms with Crippen molar-refractivity contribution < 1.29 is 14.2 Å². The van der Waals surface area contributed by atoms with E-state index in [0.717, 1.165) is 0 Å². The fourth-order valence-electron chi connectivity index (χ4n) is 3.43. The molecule has 0 heterocycles. The van der Waals surface area contributed by atoms with Crippen LogP contribution in [0.15, 0.2) is 33.9 Å². The normalized spacial score (nSPS) is 25.3. The maximum atomic E-state index is 5.41. The number of hydrogen-bond donors (Lipinski definition) is 0. The lowest BCUT2D eigenvalue weighted by molar-refractivity contribution is 0.201. The zero-order valence-corrected chi connectivity index (χ0v) is 12.6. The Morgan fingerprint density at radius 2 is 1.53 bits per heavy atom. The van der Waals surface area contributed by atoms with Crippen LogP contribution in [0.3, 0.4) is 0 Å². The topological polar surface area (TPSA) is 27.7 Å². The predicted octanol–water partition coefficient (Wildman–Crippen LogP) is 2.74. The number of hydrogen-bond acceptors (Lipinski definition) is 3. The van der Waals surface area contributed by atoms with Crippen LogP contribution in [0.2, 0.25) is 0 Å². The summed E-state index contributed by atoms with van der Waals surface area (Å²) >= 11 is 0. The second kappa shape index (κ2) is 6.04. The van der Waals surface area contributed by atoms with Crippen LogP contribution < -0.4 is 0 Å². The van der Waals surface area contributed by atoms with Gasteiger partial charge in [-0.15, -0.1) is 0 Å². The molecule has 0 aromatic carbocycles. The number of rotatable bonds is 6. The van der Waals surface area contributed by atoms with Gasteiger partial charge < -0.3 is 14.2 Å². The van der Waals surface area contributed by atoms with Crippen LogP contribution in [0.1, 0.15) is 13.8 Å². The summed E-state index contributed by atoms with van der Waals surface area (Å²) in [4.78, 5) is 0. The molecule has 2 bridgehead atoms. The van der Waals surface area contributed by atoms with Gasteiger partial charge in [-0.25, -0.2) is 0 Å². The first-order valence-corrected chi connectivity index (χ1v) is 6.72. The summed E-state index contributed by atoms with van der Waals surface area (Å²) in [6.07, 6.45) is 2.35. The van der Waals surface area contributed by atoms with Crippen molar-refractivity contribution in [1.82, 2.24) is 0 Å². The molecule has 0 N–H and O–H groups in total. The highest BCUT2D eigenvalue weighted by Gasteiger charge is 2.44. The summed E-state index contributed by atoms with van der Waals surface area (Å²) in [6.45, 7) is 6.45. The van der Waals surface area contributed by atoms with Gasteiger partial charge in [-0.1, -0.05) is 11.6 Å². The predicted molar refractivity (Wildman–Crippen MR) is 76.1 cm³/mol. The molecule has 3 heteroatoms. The highest BCUT2D eigenvalue weighted by Crippen LogP contribution is 2.52. The molecule has 106 valence electrons. The highest BCUT2D eigenvalue weighted by molar-refractivity contribution is 5.57. The Bertz CT molecular complexity index is 439. The van der Waals surface area contributed by atoms with E-state index in [1.54, 1.807) is 21.3 Å². The van der Waals surface area contributed by atoms with Crippen molar-refractivity contribution in [2.75, 3.05) is 41.2 Å². The molecule has 2 aliphatic rings. The van der Waals surface area contributed by atoms with Gasteiger partial charge in [-0.2, -0.15) is 0 Å². The highest BCUT2D eigenvalue weighted by atomic mass is 16.5. The first-order chi connectivity index (χ1) is 9.15. The van der Waals surface area contributed by atoms with Crippen LogP contribution >= 0.6 is 0 Å². The number of allylic oxidation sites excluding steroid dienone is 3. The second-order valence-corrected chi connectivity index (χ2v) is 5.46. The molecule has 2 unspecified atom stereocenters. The summed E-state index contributed by atoms with van der Waals surface area (Å²) in [6, 6.07) is 0.